The number of carbonyl (C=O) groups is 1. The zero-order valence-electron chi connectivity index (χ0n) is 12.1. The Labute approximate surface area is 124 Å². The Bertz CT molecular complexity index is 649. The van der Waals surface area contributed by atoms with Crippen molar-refractivity contribution in [2.75, 3.05) is 18.5 Å². The molecule has 0 amide bonds. The third-order valence-electron chi connectivity index (χ3n) is 3.67. The summed E-state index contributed by atoms with van der Waals surface area (Å²) in [6, 6.07) is 6.27. The van der Waals surface area contributed by atoms with E-state index in [-0.39, 0.29) is 12.5 Å². The van der Waals surface area contributed by atoms with Crippen LogP contribution in [0.3, 0.4) is 0 Å². The maximum atomic E-state index is 11.7. The molecule has 0 spiro atoms. The third kappa shape index (κ3) is 2.77. The van der Waals surface area contributed by atoms with E-state index >= 15 is 0 Å². The summed E-state index contributed by atoms with van der Waals surface area (Å²) >= 11 is 0. The molecule has 2 aromatic rings. The van der Waals surface area contributed by atoms with Crippen LogP contribution < -0.4 is 5.32 Å². The number of aromatic nitrogens is 2. The van der Waals surface area contributed by atoms with E-state index in [0.717, 1.165) is 36.3 Å². The number of esters is 1. The molecule has 0 saturated carbocycles. The largest absolute Gasteiger partial charge is 0.465 e. The van der Waals surface area contributed by atoms with Crippen LogP contribution >= 0.6 is 0 Å². The number of anilines is 1. The Morgan fingerprint density at radius 1 is 1.48 bits per heavy atom. The molecule has 0 atom stereocenters. The van der Waals surface area contributed by atoms with Crippen LogP contribution in [0.15, 0.2) is 30.7 Å². The number of fused-ring (bicyclic) bond motifs is 1. The lowest BCUT2D eigenvalue weighted by atomic mass is 9.98. The number of rotatable bonds is 4. The third-order valence-corrected chi connectivity index (χ3v) is 3.67. The zero-order valence-corrected chi connectivity index (χ0v) is 12.1. The number of aryl methyl sites for hydroxylation is 1. The Morgan fingerprint density at radius 3 is 3.24 bits per heavy atom. The highest BCUT2D eigenvalue weighted by molar-refractivity contribution is 5.80. The zero-order chi connectivity index (χ0) is 14.7. The molecule has 1 aliphatic heterocycles. The summed E-state index contributed by atoms with van der Waals surface area (Å²) in [5.41, 5.74) is 4.51. The second-order valence-electron chi connectivity index (χ2n) is 5.08. The van der Waals surface area contributed by atoms with Gasteiger partial charge in [0.15, 0.2) is 0 Å². The topological polar surface area (TPSA) is 56.2 Å². The molecule has 0 aliphatic carbocycles. The van der Waals surface area contributed by atoms with E-state index in [4.69, 9.17) is 4.74 Å². The van der Waals surface area contributed by atoms with Crippen molar-refractivity contribution in [3.8, 4) is 11.3 Å². The molecule has 1 aromatic heterocycles. The lowest BCUT2D eigenvalue weighted by Gasteiger charge is -2.21. The fourth-order valence-electron chi connectivity index (χ4n) is 2.74. The predicted octanol–water partition coefficient (Wildman–Crippen LogP) is 2.47. The molecule has 2 heterocycles. The first kappa shape index (κ1) is 13.7. The molecule has 5 heteroatoms. The number of hydrogen-bond donors (Lipinski definition) is 1. The summed E-state index contributed by atoms with van der Waals surface area (Å²) in [4.78, 5) is 15.9. The Balaban J connectivity index is 1.95. The number of carbonyl (C=O) groups excluding carboxylic acids is 1. The normalized spacial score (nSPS) is 13.4. The number of benzene rings is 1. The molecule has 21 heavy (non-hydrogen) atoms. The summed E-state index contributed by atoms with van der Waals surface area (Å²) in [5, 5.41) is 3.47. The maximum absolute atomic E-state index is 11.7. The van der Waals surface area contributed by atoms with Gasteiger partial charge in [-0.25, -0.2) is 4.98 Å². The summed E-state index contributed by atoms with van der Waals surface area (Å²) in [7, 11) is 0. The monoisotopic (exact) mass is 285 g/mol. The Kier molecular flexibility index (Phi) is 3.90. The van der Waals surface area contributed by atoms with Crippen LogP contribution in [0.25, 0.3) is 11.3 Å². The lowest BCUT2D eigenvalue weighted by Crippen LogP contribution is -2.15. The van der Waals surface area contributed by atoms with Crippen molar-refractivity contribution in [1.29, 1.82) is 0 Å². The second-order valence-corrected chi connectivity index (χ2v) is 5.08. The predicted molar refractivity (Wildman–Crippen MR) is 81.1 cm³/mol. The van der Waals surface area contributed by atoms with Crippen LogP contribution in [0, 0.1) is 0 Å². The molecule has 1 N–H and O–H groups in total. The Hall–Kier alpha value is -2.30. The molecular weight excluding hydrogens is 266 g/mol. The number of nitrogens with one attached hydrogen (secondary N) is 1. The molecule has 5 nitrogen and oxygen atoms in total. The quantitative estimate of drug-likeness (QED) is 0.877. The van der Waals surface area contributed by atoms with Crippen molar-refractivity contribution >= 4 is 11.7 Å². The van der Waals surface area contributed by atoms with E-state index in [9.17, 15) is 4.79 Å². The van der Waals surface area contributed by atoms with E-state index in [1.165, 1.54) is 5.56 Å². The number of para-hydroxylation sites is 1. The fourth-order valence-corrected chi connectivity index (χ4v) is 2.74. The second kappa shape index (κ2) is 5.99. The van der Waals surface area contributed by atoms with Gasteiger partial charge in [0, 0.05) is 17.8 Å². The minimum Gasteiger partial charge on any atom is -0.465 e. The highest BCUT2D eigenvalue weighted by Gasteiger charge is 2.17. The molecule has 0 bridgehead atoms. The first-order chi connectivity index (χ1) is 10.3. The number of imidazole rings is 1. The van der Waals surface area contributed by atoms with Crippen LogP contribution in [0.1, 0.15) is 18.9 Å². The van der Waals surface area contributed by atoms with Crippen molar-refractivity contribution in [2.45, 2.75) is 26.3 Å². The van der Waals surface area contributed by atoms with Gasteiger partial charge in [0.1, 0.15) is 6.54 Å². The summed E-state index contributed by atoms with van der Waals surface area (Å²) in [6.45, 7) is 3.37. The van der Waals surface area contributed by atoms with E-state index < -0.39 is 0 Å². The SMILES string of the molecule is CCOC(=O)Cn1cncc1-c1cccc2c1NCCC2. The van der Waals surface area contributed by atoms with Gasteiger partial charge in [-0.15, -0.1) is 0 Å². The highest BCUT2D eigenvalue weighted by Crippen LogP contribution is 2.33. The van der Waals surface area contributed by atoms with Gasteiger partial charge in [-0.2, -0.15) is 0 Å². The number of hydrogen-bond acceptors (Lipinski definition) is 4. The highest BCUT2D eigenvalue weighted by atomic mass is 16.5. The van der Waals surface area contributed by atoms with Crippen molar-refractivity contribution in [3.63, 3.8) is 0 Å². The number of ether oxygens (including phenoxy) is 1. The van der Waals surface area contributed by atoms with Crippen molar-refractivity contribution < 1.29 is 9.53 Å². The molecule has 0 saturated heterocycles. The van der Waals surface area contributed by atoms with Crippen LogP contribution in [0.2, 0.25) is 0 Å². The van der Waals surface area contributed by atoms with Crippen LogP contribution in [0.5, 0.6) is 0 Å². The van der Waals surface area contributed by atoms with Gasteiger partial charge in [-0.05, 0) is 25.3 Å². The molecule has 0 fully saturated rings. The van der Waals surface area contributed by atoms with E-state index in [0.29, 0.717) is 6.61 Å². The average Bonchev–Trinajstić information content (AvgIpc) is 2.95. The summed E-state index contributed by atoms with van der Waals surface area (Å²) < 4.78 is 6.85. The molecular formula is C16H19N3O2. The fraction of sp³-hybridized carbons (Fsp3) is 0.375. The van der Waals surface area contributed by atoms with Gasteiger partial charge >= 0.3 is 5.97 Å². The van der Waals surface area contributed by atoms with E-state index in [1.807, 2.05) is 11.5 Å². The summed E-state index contributed by atoms with van der Waals surface area (Å²) in [6.07, 6.45) is 5.71. The summed E-state index contributed by atoms with van der Waals surface area (Å²) in [5.74, 6) is -0.241. The smallest absolute Gasteiger partial charge is 0.325 e. The first-order valence-electron chi connectivity index (χ1n) is 7.31. The van der Waals surface area contributed by atoms with Crippen LogP contribution in [-0.2, 0) is 22.5 Å². The van der Waals surface area contributed by atoms with Crippen molar-refractivity contribution in [2.24, 2.45) is 0 Å². The van der Waals surface area contributed by atoms with Crippen LogP contribution in [-0.4, -0.2) is 28.7 Å². The van der Waals surface area contributed by atoms with Gasteiger partial charge in [0.2, 0.25) is 0 Å². The van der Waals surface area contributed by atoms with Crippen molar-refractivity contribution in [3.05, 3.63) is 36.3 Å². The van der Waals surface area contributed by atoms with Gasteiger partial charge in [0.05, 0.1) is 24.8 Å². The Morgan fingerprint density at radius 2 is 2.38 bits per heavy atom. The lowest BCUT2D eigenvalue weighted by molar-refractivity contribution is -0.143. The van der Waals surface area contributed by atoms with Gasteiger partial charge in [0.25, 0.3) is 0 Å². The van der Waals surface area contributed by atoms with Crippen molar-refractivity contribution in [1.82, 2.24) is 9.55 Å². The minimum absolute atomic E-state index is 0.187. The standard InChI is InChI=1S/C16H19N3O2/c1-2-21-15(20)10-19-11-17-9-14(19)13-7-3-5-12-6-4-8-18-16(12)13/h3,5,7,9,11,18H,2,4,6,8,10H2,1H3. The molecule has 1 aromatic carbocycles. The van der Waals surface area contributed by atoms with Crippen LogP contribution in [0.4, 0.5) is 5.69 Å². The minimum atomic E-state index is -0.241. The maximum Gasteiger partial charge on any atom is 0.325 e. The van der Waals surface area contributed by atoms with E-state index in [2.05, 4.69) is 28.5 Å². The molecule has 1 aliphatic rings. The van der Waals surface area contributed by atoms with E-state index in [1.54, 1.807) is 12.5 Å². The van der Waals surface area contributed by atoms with Gasteiger partial charge in [-0.1, -0.05) is 18.2 Å². The first-order valence-corrected chi connectivity index (χ1v) is 7.31. The molecule has 110 valence electrons. The van der Waals surface area contributed by atoms with Gasteiger partial charge < -0.3 is 14.6 Å². The van der Waals surface area contributed by atoms with Gasteiger partial charge in [-0.3, -0.25) is 4.79 Å². The molecule has 3 rings (SSSR count). The average molecular weight is 285 g/mol. The molecule has 0 radical (unpaired) electrons. The molecule has 0 unspecified atom stereocenters. The number of nitrogens with zero attached hydrogens (tertiary/aromatic N) is 2.